The van der Waals surface area contributed by atoms with Gasteiger partial charge in [0.25, 0.3) is 0 Å². The van der Waals surface area contributed by atoms with Crippen LogP contribution in [0.25, 0.3) is 0 Å². The van der Waals surface area contributed by atoms with Crippen LogP contribution >= 0.6 is 11.6 Å². The summed E-state index contributed by atoms with van der Waals surface area (Å²) in [7, 11) is -2.40. The number of nitrogens with zero attached hydrogens (tertiary/aromatic N) is 1. The number of rotatable bonds is 7. The Labute approximate surface area is 122 Å². The van der Waals surface area contributed by atoms with Crippen molar-refractivity contribution in [1.82, 2.24) is 15.0 Å². The number of carbonyl (C=O) groups is 1. The summed E-state index contributed by atoms with van der Waals surface area (Å²) in [5, 5.41) is 2.39. The van der Waals surface area contributed by atoms with Crippen LogP contribution < -0.4 is 10.0 Å². The van der Waals surface area contributed by atoms with E-state index in [1.165, 1.54) is 32.4 Å². The molecule has 0 fully saturated rings. The van der Waals surface area contributed by atoms with Gasteiger partial charge in [-0.1, -0.05) is 11.6 Å². The first-order chi connectivity index (χ1) is 9.38. The van der Waals surface area contributed by atoms with Crippen LogP contribution in [-0.2, 0) is 19.6 Å². The quantitative estimate of drug-likeness (QED) is 0.551. The maximum Gasteiger partial charge on any atom is 0.244 e. The normalized spacial score (nSPS) is 12.9. The van der Waals surface area contributed by atoms with Gasteiger partial charge in [0.15, 0.2) is 0 Å². The SMILES string of the molecule is COCCNC(=O)C(C)NS(=O)(=O)c1cccnc1Cl. The molecule has 0 aliphatic carbocycles. The third kappa shape index (κ3) is 4.71. The van der Waals surface area contributed by atoms with Gasteiger partial charge in [0.2, 0.25) is 15.9 Å². The van der Waals surface area contributed by atoms with Crippen LogP contribution in [-0.4, -0.2) is 45.6 Å². The molecule has 2 N–H and O–H groups in total. The summed E-state index contributed by atoms with van der Waals surface area (Å²) in [5.41, 5.74) is 0. The van der Waals surface area contributed by atoms with Crippen LogP contribution in [0.15, 0.2) is 23.2 Å². The Morgan fingerprint density at radius 1 is 1.55 bits per heavy atom. The number of hydrogen-bond acceptors (Lipinski definition) is 5. The maximum absolute atomic E-state index is 12.1. The number of sulfonamides is 1. The van der Waals surface area contributed by atoms with Crippen molar-refractivity contribution >= 4 is 27.5 Å². The van der Waals surface area contributed by atoms with Crippen LogP contribution in [0.1, 0.15) is 6.92 Å². The molecule has 0 saturated carbocycles. The Balaban J connectivity index is 2.72. The van der Waals surface area contributed by atoms with E-state index in [0.717, 1.165) is 0 Å². The molecule has 0 aliphatic heterocycles. The van der Waals surface area contributed by atoms with Crippen LogP contribution in [0.2, 0.25) is 5.15 Å². The topological polar surface area (TPSA) is 97.4 Å². The molecule has 112 valence electrons. The second-order valence-electron chi connectivity index (χ2n) is 3.92. The summed E-state index contributed by atoms with van der Waals surface area (Å²) in [6.45, 7) is 2.08. The summed E-state index contributed by atoms with van der Waals surface area (Å²) < 4.78 is 31.1. The minimum Gasteiger partial charge on any atom is -0.383 e. The molecule has 1 unspecified atom stereocenters. The first kappa shape index (κ1) is 16.8. The van der Waals surface area contributed by atoms with E-state index < -0.39 is 22.0 Å². The molecule has 1 amide bonds. The van der Waals surface area contributed by atoms with Crippen molar-refractivity contribution in [2.45, 2.75) is 17.9 Å². The highest BCUT2D eigenvalue weighted by Crippen LogP contribution is 2.17. The number of amides is 1. The lowest BCUT2D eigenvalue weighted by atomic mass is 10.3. The molecule has 1 aromatic rings. The summed E-state index contributed by atoms with van der Waals surface area (Å²) in [6, 6.07) is 1.82. The lowest BCUT2D eigenvalue weighted by Crippen LogP contribution is -2.45. The van der Waals surface area contributed by atoms with Gasteiger partial charge in [-0.2, -0.15) is 4.72 Å². The highest BCUT2D eigenvalue weighted by Gasteiger charge is 2.24. The highest BCUT2D eigenvalue weighted by atomic mass is 35.5. The molecule has 0 aliphatic rings. The van der Waals surface area contributed by atoms with E-state index in [-0.39, 0.29) is 10.0 Å². The third-order valence-electron chi connectivity index (χ3n) is 2.35. The van der Waals surface area contributed by atoms with Crippen LogP contribution in [0.5, 0.6) is 0 Å². The summed E-state index contributed by atoms with van der Waals surface area (Å²) in [5.74, 6) is -0.453. The molecule has 1 rings (SSSR count). The Morgan fingerprint density at radius 3 is 2.85 bits per heavy atom. The van der Waals surface area contributed by atoms with Crippen molar-refractivity contribution in [2.24, 2.45) is 0 Å². The van der Waals surface area contributed by atoms with Crippen molar-refractivity contribution in [2.75, 3.05) is 20.3 Å². The molecular weight excluding hydrogens is 306 g/mol. The minimum absolute atomic E-state index is 0.146. The zero-order valence-corrected chi connectivity index (χ0v) is 12.7. The predicted octanol–water partition coefficient (Wildman–Crippen LogP) is 0.164. The van der Waals surface area contributed by atoms with Crippen molar-refractivity contribution in [3.8, 4) is 0 Å². The van der Waals surface area contributed by atoms with Gasteiger partial charge in [-0.25, -0.2) is 13.4 Å². The Bertz CT molecular complexity index is 565. The molecule has 0 aromatic carbocycles. The fourth-order valence-corrected chi connectivity index (χ4v) is 3.01. The Morgan fingerprint density at radius 2 is 2.25 bits per heavy atom. The lowest BCUT2D eigenvalue weighted by molar-refractivity contribution is -0.122. The number of nitrogens with one attached hydrogen (secondary N) is 2. The predicted molar refractivity (Wildman–Crippen MR) is 73.9 cm³/mol. The number of pyridine rings is 1. The van der Waals surface area contributed by atoms with E-state index in [4.69, 9.17) is 16.3 Å². The third-order valence-corrected chi connectivity index (χ3v) is 4.33. The molecular formula is C11H16ClN3O4S. The van der Waals surface area contributed by atoms with Gasteiger partial charge >= 0.3 is 0 Å². The summed E-state index contributed by atoms with van der Waals surface area (Å²) in [6.07, 6.45) is 1.38. The molecule has 0 spiro atoms. The minimum atomic E-state index is -3.90. The van der Waals surface area contributed by atoms with Crippen molar-refractivity contribution in [3.05, 3.63) is 23.5 Å². The van der Waals surface area contributed by atoms with E-state index in [0.29, 0.717) is 13.2 Å². The molecule has 1 atom stereocenters. The number of carbonyl (C=O) groups excluding carboxylic acids is 1. The average molecular weight is 322 g/mol. The van der Waals surface area contributed by atoms with Crippen LogP contribution in [0.4, 0.5) is 0 Å². The number of hydrogen-bond donors (Lipinski definition) is 2. The highest BCUT2D eigenvalue weighted by molar-refractivity contribution is 7.89. The number of aromatic nitrogens is 1. The van der Waals surface area contributed by atoms with Crippen LogP contribution in [0.3, 0.4) is 0 Å². The monoisotopic (exact) mass is 321 g/mol. The van der Waals surface area contributed by atoms with Gasteiger partial charge in [0.05, 0.1) is 12.6 Å². The second kappa shape index (κ2) is 7.53. The average Bonchev–Trinajstić information content (AvgIpc) is 2.38. The zero-order chi connectivity index (χ0) is 15.2. The largest absolute Gasteiger partial charge is 0.383 e. The van der Waals surface area contributed by atoms with Gasteiger partial charge in [-0.05, 0) is 19.1 Å². The van der Waals surface area contributed by atoms with Gasteiger partial charge in [0.1, 0.15) is 10.0 Å². The fraction of sp³-hybridized carbons (Fsp3) is 0.455. The first-order valence-electron chi connectivity index (χ1n) is 5.78. The molecule has 0 saturated heterocycles. The first-order valence-corrected chi connectivity index (χ1v) is 7.64. The standard InChI is InChI=1S/C11H16ClN3O4S/c1-8(11(16)14-6-7-19-2)15-20(17,18)9-4-3-5-13-10(9)12/h3-5,8,15H,6-7H2,1-2H3,(H,14,16). The van der Waals surface area contributed by atoms with Crippen molar-refractivity contribution in [1.29, 1.82) is 0 Å². The maximum atomic E-state index is 12.1. The molecule has 9 heteroatoms. The van der Waals surface area contributed by atoms with Gasteiger partial charge in [0, 0.05) is 19.9 Å². The van der Waals surface area contributed by atoms with E-state index in [9.17, 15) is 13.2 Å². The van der Waals surface area contributed by atoms with Crippen molar-refractivity contribution < 1.29 is 17.9 Å². The number of ether oxygens (including phenoxy) is 1. The molecule has 1 heterocycles. The Kier molecular flexibility index (Phi) is 6.34. The second-order valence-corrected chi connectivity index (χ2v) is 5.96. The summed E-state index contributed by atoms with van der Waals surface area (Å²) in [4.78, 5) is 15.2. The van der Waals surface area contributed by atoms with Gasteiger partial charge < -0.3 is 10.1 Å². The molecule has 7 nitrogen and oxygen atoms in total. The zero-order valence-electron chi connectivity index (χ0n) is 11.1. The van der Waals surface area contributed by atoms with Gasteiger partial charge in [-0.3, -0.25) is 4.79 Å². The van der Waals surface area contributed by atoms with E-state index in [1.54, 1.807) is 0 Å². The van der Waals surface area contributed by atoms with E-state index in [2.05, 4.69) is 15.0 Å². The molecule has 0 radical (unpaired) electrons. The lowest BCUT2D eigenvalue weighted by Gasteiger charge is -2.14. The fourth-order valence-electron chi connectivity index (χ4n) is 1.35. The Hall–Kier alpha value is -1.22. The molecule has 20 heavy (non-hydrogen) atoms. The van der Waals surface area contributed by atoms with Crippen molar-refractivity contribution in [3.63, 3.8) is 0 Å². The van der Waals surface area contributed by atoms with E-state index in [1.807, 2.05) is 0 Å². The smallest absolute Gasteiger partial charge is 0.244 e. The molecule has 0 bridgehead atoms. The van der Waals surface area contributed by atoms with Crippen LogP contribution in [0, 0.1) is 0 Å². The number of halogens is 1. The molecule has 1 aromatic heterocycles. The van der Waals surface area contributed by atoms with E-state index >= 15 is 0 Å². The summed E-state index contributed by atoms with van der Waals surface area (Å²) >= 11 is 5.73. The number of methoxy groups -OCH3 is 1. The van der Waals surface area contributed by atoms with Gasteiger partial charge in [-0.15, -0.1) is 0 Å².